The Balaban J connectivity index is 2.75. The monoisotopic (exact) mass is 402 g/mol. The van der Waals surface area contributed by atoms with Gasteiger partial charge in [-0.15, -0.1) is 0 Å². The Morgan fingerprint density at radius 1 is 0.864 bits per heavy atom. The van der Waals surface area contributed by atoms with Crippen LogP contribution in [0.2, 0.25) is 5.02 Å². The molecule has 0 saturated heterocycles. The van der Waals surface area contributed by atoms with E-state index in [9.17, 15) is 26.3 Å². The first kappa shape index (κ1) is 17.1. The molecule has 0 bridgehead atoms. The van der Waals surface area contributed by atoms with Crippen LogP contribution in [0.3, 0.4) is 0 Å². The quantitative estimate of drug-likeness (QED) is 0.459. The fraction of sp³-hybridized carbons (Fsp3) is 0.143. The van der Waals surface area contributed by atoms with Gasteiger partial charge in [0.1, 0.15) is 0 Å². The van der Waals surface area contributed by atoms with Gasteiger partial charge in [0.05, 0.1) is 11.1 Å². The number of rotatable bonds is 1. The highest BCUT2D eigenvalue weighted by Crippen LogP contribution is 2.43. The molecule has 8 heteroatoms. The lowest BCUT2D eigenvalue weighted by Crippen LogP contribution is -2.09. The lowest BCUT2D eigenvalue weighted by molar-refractivity contribution is -0.137. The first-order valence-corrected chi connectivity index (χ1v) is 6.91. The standard InChI is InChI=1S/C14H6BrClF6/c15-11-3-1-2-10(14(20,21)22)12(11)7-4-8(13(17,18)19)6-9(16)5-7/h1-6H. The Morgan fingerprint density at radius 2 is 1.50 bits per heavy atom. The maximum Gasteiger partial charge on any atom is 0.417 e. The lowest BCUT2D eigenvalue weighted by Gasteiger charge is -2.16. The molecule has 0 spiro atoms. The zero-order chi connectivity index (χ0) is 16.7. The van der Waals surface area contributed by atoms with Gasteiger partial charge in [0.2, 0.25) is 0 Å². The van der Waals surface area contributed by atoms with Gasteiger partial charge < -0.3 is 0 Å². The predicted octanol–water partition coefficient (Wildman–Crippen LogP) is 6.81. The number of hydrogen-bond donors (Lipinski definition) is 0. The zero-order valence-corrected chi connectivity index (χ0v) is 12.8. The molecule has 2 aromatic carbocycles. The Hall–Kier alpha value is -1.21. The van der Waals surface area contributed by atoms with Gasteiger partial charge in [0.25, 0.3) is 0 Å². The van der Waals surface area contributed by atoms with Gasteiger partial charge in [-0.3, -0.25) is 0 Å². The highest BCUT2D eigenvalue weighted by molar-refractivity contribution is 9.10. The van der Waals surface area contributed by atoms with Crippen LogP contribution in [0.5, 0.6) is 0 Å². The van der Waals surface area contributed by atoms with Gasteiger partial charge >= 0.3 is 12.4 Å². The van der Waals surface area contributed by atoms with Crippen LogP contribution in [0.15, 0.2) is 40.9 Å². The van der Waals surface area contributed by atoms with Gasteiger partial charge in [-0.05, 0) is 35.9 Å². The fourth-order valence-corrected chi connectivity index (χ4v) is 2.78. The Morgan fingerprint density at radius 3 is 2.05 bits per heavy atom. The van der Waals surface area contributed by atoms with Crippen molar-refractivity contribution in [3.05, 3.63) is 57.0 Å². The smallest absolute Gasteiger partial charge is 0.166 e. The maximum atomic E-state index is 13.1. The highest BCUT2D eigenvalue weighted by atomic mass is 79.9. The topological polar surface area (TPSA) is 0 Å². The van der Waals surface area contributed by atoms with Crippen molar-refractivity contribution in [3.8, 4) is 11.1 Å². The third-order valence-electron chi connectivity index (χ3n) is 2.83. The zero-order valence-electron chi connectivity index (χ0n) is 10.5. The summed E-state index contributed by atoms with van der Waals surface area (Å²) in [6.07, 6.45) is -9.42. The second kappa shape index (κ2) is 5.77. The normalized spacial score (nSPS) is 12.5. The third-order valence-corrected chi connectivity index (χ3v) is 3.71. The van der Waals surface area contributed by atoms with Crippen molar-refractivity contribution in [3.63, 3.8) is 0 Å². The van der Waals surface area contributed by atoms with Gasteiger partial charge in [-0.25, -0.2) is 0 Å². The molecule has 118 valence electrons. The molecule has 0 saturated carbocycles. The molecule has 0 atom stereocenters. The summed E-state index contributed by atoms with van der Waals surface area (Å²) < 4.78 is 77.7. The molecular formula is C14H6BrClF6. The summed E-state index contributed by atoms with van der Waals surface area (Å²) in [5.74, 6) is 0. The van der Waals surface area contributed by atoms with Crippen molar-refractivity contribution in [1.82, 2.24) is 0 Å². The van der Waals surface area contributed by atoms with E-state index in [-0.39, 0.29) is 20.6 Å². The van der Waals surface area contributed by atoms with E-state index in [0.717, 1.165) is 18.2 Å². The van der Waals surface area contributed by atoms with Crippen LogP contribution < -0.4 is 0 Å². The van der Waals surface area contributed by atoms with Crippen LogP contribution >= 0.6 is 27.5 Å². The van der Waals surface area contributed by atoms with E-state index < -0.39 is 23.5 Å². The lowest BCUT2D eigenvalue weighted by atomic mass is 9.97. The SMILES string of the molecule is FC(F)(F)c1cc(Cl)cc(-c2c(Br)cccc2C(F)(F)F)c1. The van der Waals surface area contributed by atoms with E-state index in [0.29, 0.717) is 12.1 Å². The summed E-state index contributed by atoms with van der Waals surface area (Å²) in [5.41, 5.74) is -2.81. The van der Waals surface area contributed by atoms with Gasteiger partial charge in [0, 0.05) is 15.1 Å². The number of benzene rings is 2. The van der Waals surface area contributed by atoms with Crippen LogP contribution in [-0.2, 0) is 12.4 Å². The molecule has 0 amide bonds. The molecule has 0 aliphatic carbocycles. The van der Waals surface area contributed by atoms with Gasteiger partial charge in [-0.2, -0.15) is 26.3 Å². The van der Waals surface area contributed by atoms with Crippen molar-refractivity contribution in [1.29, 1.82) is 0 Å². The molecule has 22 heavy (non-hydrogen) atoms. The molecule has 0 unspecified atom stereocenters. The van der Waals surface area contributed by atoms with Crippen molar-refractivity contribution < 1.29 is 26.3 Å². The molecule has 0 heterocycles. The Labute approximate surface area is 134 Å². The molecule has 0 aliphatic rings. The largest absolute Gasteiger partial charge is 0.417 e. The van der Waals surface area contributed by atoms with Crippen molar-refractivity contribution in [2.24, 2.45) is 0 Å². The Kier molecular flexibility index (Phi) is 4.50. The first-order valence-electron chi connectivity index (χ1n) is 5.74. The molecule has 0 N–H and O–H groups in total. The number of hydrogen-bond acceptors (Lipinski definition) is 0. The molecule has 2 rings (SSSR count). The van der Waals surface area contributed by atoms with E-state index in [1.54, 1.807) is 0 Å². The maximum absolute atomic E-state index is 13.1. The van der Waals surface area contributed by atoms with E-state index in [1.807, 2.05) is 0 Å². The average molecular weight is 404 g/mol. The minimum absolute atomic E-state index is 0.0257. The van der Waals surface area contributed by atoms with Crippen molar-refractivity contribution in [2.75, 3.05) is 0 Å². The second-order valence-corrected chi connectivity index (χ2v) is 5.68. The van der Waals surface area contributed by atoms with Crippen LogP contribution in [-0.4, -0.2) is 0 Å². The average Bonchev–Trinajstić information content (AvgIpc) is 2.35. The molecule has 0 aromatic heterocycles. The van der Waals surface area contributed by atoms with Gasteiger partial charge in [-0.1, -0.05) is 33.6 Å². The fourth-order valence-electron chi connectivity index (χ4n) is 1.95. The highest BCUT2D eigenvalue weighted by Gasteiger charge is 2.36. The Bertz CT molecular complexity index is 705. The van der Waals surface area contributed by atoms with Crippen molar-refractivity contribution in [2.45, 2.75) is 12.4 Å². The second-order valence-electron chi connectivity index (χ2n) is 4.39. The van der Waals surface area contributed by atoms with Crippen molar-refractivity contribution >= 4 is 27.5 Å². The summed E-state index contributed by atoms with van der Waals surface area (Å²) >= 11 is 8.58. The van der Waals surface area contributed by atoms with Crippen LogP contribution in [0.25, 0.3) is 11.1 Å². The van der Waals surface area contributed by atoms with E-state index in [1.165, 1.54) is 6.07 Å². The third kappa shape index (κ3) is 3.57. The number of halogens is 8. The first-order chi connectivity index (χ1) is 10.00. The molecule has 0 nitrogen and oxygen atoms in total. The van der Waals surface area contributed by atoms with E-state index in [4.69, 9.17) is 11.6 Å². The molecule has 2 aromatic rings. The minimum atomic E-state index is -4.71. The van der Waals surface area contributed by atoms with E-state index >= 15 is 0 Å². The summed E-state index contributed by atoms with van der Waals surface area (Å²) in [4.78, 5) is 0. The molecular weight excluding hydrogens is 397 g/mol. The minimum Gasteiger partial charge on any atom is -0.166 e. The summed E-state index contributed by atoms with van der Waals surface area (Å²) in [6, 6.07) is 5.64. The molecule has 0 radical (unpaired) electrons. The van der Waals surface area contributed by atoms with Crippen LogP contribution in [0.4, 0.5) is 26.3 Å². The number of alkyl halides is 6. The summed E-state index contributed by atoms with van der Waals surface area (Å²) in [6.45, 7) is 0. The predicted molar refractivity (Wildman–Crippen MR) is 74.6 cm³/mol. The van der Waals surface area contributed by atoms with Gasteiger partial charge in [0.15, 0.2) is 0 Å². The summed E-state index contributed by atoms with van der Waals surface area (Å²) in [5, 5.41) is -0.297. The van der Waals surface area contributed by atoms with Crippen LogP contribution in [0, 0.1) is 0 Å². The molecule has 0 aliphatic heterocycles. The molecule has 0 fully saturated rings. The van der Waals surface area contributed by atoms with E-state index in [2.05, 4.69) is 15.9 Å². The summed E-state index contributed by atoms with van der Waals surface area (Å²) in [7, 11) is 0. The van der Waals surface area contributed by atoms with Crippen LogP contribution in [0.1, 0.15) is 11.1 Å².